The number of hydrogen-bond acceptors (Lipinski definition) is 3. The van der Waals surface area contributed by atoms with Crippen molar-refractivity contribution in [2.45, 2.75) is 25.4 Å². The van der Waals surface area contributed by atoms with Crippen LogP contribution in [0.1, 0.15) is 13.3 Å². The molecule has 0 aromatic heterocycles. The molecular formula is C9H19N3. The Morgan fingerprint density at radius 1 is 1.25 bits per heavy atom. The summed E-state index contributed by atoms with van der Waals surface area (Å²) in [5.41, 5.74) is 5.95. The second-order valence-corrected chi connectivity index (χ2v) is 4.12. The molecule has 4 atom stereocenters. The van der Waals surface area contributed by atoms with Crippen LogP contribution in [0.5, 0.6) is 0 Å². The van der Waals surface area contributed by atoms with E-state index in [-0.39, 0.29) is 0 Å². The zero-order valence-electron chi connectivity index (χ0n) is 7.87. The largest absolute Gasteiger partial charge is 0.326 e. The molecule has 3 heteroatoms. The monoisotopic (exact) mass is 169 g/mol. The fraction of sp³-hybridized carbons (Fsp3) is 1.00. The van der Waals surface area contributed by atoms with Gasteiger partial charge < -0.3 is 10.6 Å². The van der Waals surface area contributed by atoms with Crippen molar-refractivity contribution < 1.29 is 0 Å². The van der Waals surface area contributed by atoms with Crippen LogP contribution in [0.4, 0.5) is 0 Å². The van der Waals surface area contributed by atoms with Gasteiger partial charge in [-0.05, 0) is 26.4 Å². The molecule has 2 bridgehead atoms. The van der Waals surface area contributed by atoms with Gasteiger partial charge in [0.05, 0.1) is 0 Å². The van der Waals surface area contributed by atoms with Crippen molar-refractivity contribution in [3.8, 4) is 0 Å². The van der Waals surface area contributed by atoms with Gasteiger partial charge in [-0.1, -0.05) is 0 Å². The Morgan fingerprint density at radius 3 is 2.83 bits per heavy atom. The van der Waals surface area contributed by atoms with Gasteiger partial charge in [0, 0.05) is 31.7 Å². The summed E-state index contributed by atoms with van der Waals surface area (Å²) in [6.45, 7) is 8.34. The average Bonchev–Trinajstić information content (AvgIpc) is 2.36. The second-order valence-electron chi connectivity index (χ2n) is 4.12. The molecule has 0 aromatic carbocycles. The van der Waals surface area contributed by atoms with Crippen molar-refractivity contribution in [3.05, 3.63) is 0 Å². The topological polar surface area (TPSA) is 32.5 Å². The van der Waals surface area contributed by atoms with Gasteiger partial charge in [0.1, 0.15) is 0 Å². The van der Waals surface area contributed by atoms with E-state index in [0.29, 0.717) is 12.1 Å². The molecule has 12 heavy (non-hydrogen) atoms. The van der Waals surface area contributed by atoms with Gasteiger partial charge in [-0.25, -0.2) is 0 Å². The predicted octanol–water partition coefficient (Wildman–Crippen LogP) is -0.276. The summed E-state index contributed by atoms with van der Waals surface area (Å²) in [6, 6.07) is 0.937. The van der Waals surface area contributed by atoms with Gasteiger partial charge >= 0.3 is 0 Å². The van der Waals surface area contributed by atoms with Crippen LogP contribution in [0.2, 0.25) is 0 Å². The summed E-state index contributed by atoms with van der Waals surface area (Å²) in [5, 5.41) is 0. The van der Waals surface area contributed by atoms with Gasteiger partial charge in [0.15, 0.2) is 0 Å². The number of nitrogens with zero attached hydrogens (tertiary/aromatic N) is 2. The van der Waals surface area contributed by atoms with E-state index in [1.807, 2.05) is 0 Å². The van der Waals surface area contributed by atoms with Gasteiger partial charge in [-0.3, -0.25) is 4.90 Å². The quantitative estimate of drug-likeness (QED) is 0.586. The fourth-order valence-electron chi connectivity index (χ4n) is 2.38. The van der Waals surface area contributed by atoms with Crippen molar-refractivity contribution in [2.24, 2.45) is 5.73 Å². The highest BCUT2D eigenvalue weighted by molar-refractivity contribution is 4.89. The van der Waals surface area contributed by atoms with Crippen LogP contribution < -0.4 is 5.73 Å². The Balaban J connectivity index is 2.06. The molecule has 3 heterocycles. The summed E-state index contributed by atoms with van der Waals surface area (Å²) < 4.78 is 0. The molecule has 3 aliphatic heterocycles. The molecule has 3 nitrogen and oxygen atoms in total. The van der Waals surface area contributed by atoms with Crippen LogP contribution >= 0.6 is 0 Å². The Hall–Kier alpha value is -0.120. The first-order chi connectivity index (χ1) is 5.77. The van der Waals surface area contributed by atoms with Crippen molar-refractivity contribution in [1.29, 1.82) is 0 Å². The predicted molar refractivity (Wildman–Crippen MR) is 50.1 cm³/mol. The summed E-state index contributed by atoms with van der Waals surface area (Å²) in [7, 11) is 0. The minimum Gasteiger partial charge on any atom is -0.326 e. The summed E-state index contributed by atoms with van der Waals surface area (Å²) in [5.74, 6) is 0. The SMILES string of the molecule is C[C@@H](N)C1CN2CCCN1CC2. The molecule has 3 saturated heterocycles. The van der Waals surface area contributed by atoms with E-state index in [0.717, 1.165) is 0 Å². The maximum absolute atomic E-state index is 5.95. The first-order valence-electron chi connectivity index (χ1n) is 4.99. The lowest BCUT2D eigenvalue weighted by atomic mass is 10.1. The molecule has 3 rings (SSSR count). The number of hydrogen-bond donors (Lipinski definition) is 1. The maximum Gasteiger partial charge on any atom is 0.0372 e. The Labute approximate surface area is 74.5 Å². The molecule has 0 saturated carbocycles. The molecular weight excluding hydrogens is 150 g/mol. The van der Waals surface area contributed by atoms with Crippen LogP contribution in [-0.2, 0) is 0 Å². The van der Waals surface area contributed by atoms with E-state index in [2.05, 4.69) is 16.7 Å². The molecule has 3 fully saturated rings. The van der Waals surface area contributed by atoms with E-state index in [1.165, 1.54) is 39.1 Å². The van der Waals surface area contributed by atoms with E-state index < -0.39 is 0 Å². The first kappa shape index (κ1) is 8.48. The zero-order valence-corrected chi connectivity index (χ0v) is 7.87. The molecule has 0 spiro atoms. The number of fused-ring (bicyclic) bond motifs is 4. The van der Waals surface area contributed by atoms with E-state index >= 15 is 0 Å². The minimum atomic E-state index is 0.325. The van der Waals surface area contributed by atoms with E-state index in [9.17, 15) is 0 Å². The van der Waals surface area contributed by atoms with Crippen LogP contribution in [0.3, 0.4) is 0 Å². The second kappa shape index (κ2) is 3.32. The highest BCUT2D eigenvalue weighted by Crippen LogP contribution is 2.16. The first-order valence-corrected chi connectivity index (χ1v) is 4.99. The third-order valence-corrected chi connectivity index (χ3v) is 3.14. The average molecular weight is 169 g/mol. The lowest BCUT2D eigenvalue weighted by Crippen LogP contribution is -2.56. The van der Waals surface area contributed by atoms with Crippen molar-refractivity contribution in [1.82, 2.24) is 9.80 Å². The van der Waals surface area contributed by atoms with Gasteiger partial charge in [0.2, 0.25) is 0 Å². The van der Waals surface area contributed by atoms with Gasteiger partial charge in [-0.15, -0.1) is 0 Å². The maximum atomic E-state index is 5.95. The van der Waals surface area contributed by atoms with Crippen LogP contribution in [0, 0.1) is 0 Å². The van der Waals surface area contributed by atoms with Crippen LogP contribution in [0.15, 0.2) is 0 Å². The fourth-order valence-corrected chi connectivity index (χ4v) is 2.38. The molecule has 0 aromatic rings. The third kappa shape index (κ3) is 1.49. The van der Waals surface area contributed by atoms with Crippen molar-refractivity contribution >= 4 is 0 Å². The van der Waals surface area contributed by atoms with E-state index in [1.54, 1.807) is 0 Å². The summed E-state index contributed by atoms with van der Waals surface area (Å²) >= 11 is 0. The molecule has 3 unspecified atom stereocenters. The molecule has 0 radical (unpaired) electrons. The lowest BCUT2D eigenvalue weighted by molar-refractivity contribution is 0.100. The standard InChI is InChI=1S/C9H19N3/c1-8(10)9-7-11-3-2-4-12(9)6-5-11/h8-9H,2-7,10H2,1H3/t8-,9?/m1/s1. The van der Waals surface area contributed by atoms with Crippen molar-refractivity contribution in [2.75, 3.05) is 32.7 Å². The number of rotatable bonds is 1. The molecule has 0 amide bonds. The number of nitrogens with two attached hydrogens (primary N) is 1. The Kier molecular flexibility index (Phi) is 2.35. The summed E-state index contributed by atoms with van der Waals surface area (Å²) in [4.78, 5) is 5.12. The van der Waals surface area contributed by atoms with Crippen LogP contribution in [-0.4, -0.2) is 54.6 Å². The minimum absolute atomic E-state index is 0.325. The normalized spacial score (nSPS) is 44.0. The highest BCUT2D eigenvalue weighted by atomic mass is 15.3. The lowest BCUT2D eigenvalue weighted by Gasteiger charge is -2.39. The Morgan fingerprint density at radius 2 is 2.08 bits per heavy atom. The van der Waals surface area contributed by atoms with Gasteiger partial charge in [-0.2, -0.15) is 0 Å². The summed E-state index contributed by atoms with van der Waals surface area (Å²) in [6.07, 6.45) is 1.32. The molecule has 70 valence electrons. The molecule has 0 aliphatic carbocycles. The smallest absolute Gasteiger partial charge is 0.0372 e. The third-order valence-electron chi connectivity index (χ3n) is 3.14. The van der Waals surface area contributed by atoms with Gasteiger partial charge in [0.25, 0.3) is 0 Å². The van der Waals surface area contributed by atoms with Crippen molar-refractivity contribution in [3.63, 3.8) is 0 Å². The zero-order chi connectivity index (χ0) is 8.55. The van der Waals surface area contributed by atoms with E-state index in [4.69, 9.17) is 5.73 Å². The highest BCUT2D eigenvalue weighted by Gasteiger charge is 2.31. The Bertz CT molecular complexity index is 154. The molecule has 2 N–H and O–H groups in total. The van der Waals surface area contributed by atoms with Crippen LogP contribution in [0.25, 0.3) is 0 Å². The number of piperazine rings is 1. The molecule has 3 aliphatic rings.